The van der Waals surface area contributed by atoms with Crippen molar-refractivity contribution in [3.8, 4) is 0 Å². The maximum Gasteiger partial charge on any atom is 0.336 e. The van der Waals surface area contributed by atoms with Crippen molar-refractivity contribution < 1.29 is 14.5 Å². The first-order valence-electron chi connectivity index (χ1n) is 11.2. The van der Waals surface area contributed by atoms with Crippen LogP contribution in [0.15, 0.2) is 65.7 Å². The Balaban J connectivity index is 1.45. The summed E-state index contributed by atoms with van der Waals surface area (Å²) < 4.78 is 2.10. The molecule has 2 aromatic carbocycles. The summed E-state index contributed by atoms with van der Waals surface area (Å²) in [7, 11) is 0. The smallest absolute Gasteiger partial charge is 0.336 e. The highest BCUT2D eigenvalue weighted by Gasteiger charge is 2.51. The topological polar surface area (TPSA) is 81.9 Å². The molecule has 2 fully saturated rings. The summed E-state index contributed by atoms with van der Waals surface area (Å²) in [5, 5.41) is 10.5. The van der Waals surface area contributed by atoms with Crippen molar-refractivity contribution in [2.45, 2.75) is 31.2 Å². The Bertz CT molecular complexity index is 989. The summed E-state index contributed by atoms with van der Waals surface area (Å²) >= 11 is 0. The van der Waals surface area contributed by atoms with Crippen molar-refractivity contribution in [2.75, 3.05) is 19.6 Å². The zero-order chi connectivity index (χ0) is 21.4. The first-order chi connectivity index (χ1) is 15.1. The van der Waals surface area contributed by atoms with Gasteiger partial charge in [-0.05, 0) is 30.4 Å². The Labute approximate surface area is 182 Å². The van der Waals surface area contributed by atoms with E-state index in [1.165, 1.54) is 0 Å². The van der Waals surface area contributed by atoms with Gasteiger partial charge in [-0.25, -0.2) is 9.57 Å². The van der Waals surface area contributed by atoms with E-state index in [-0.39, 0.29) is 17.8 Å². The van der Waals surface area contributed by atoms with Gasteiger partial charge in [-0.15, -0.1) is 0 Å². The number of benzene rings is 2. The van der Waals surface area contributed by atoms with Crippen LogP contribution in [0.2, 0.25) is 0 Å². The minimum atomic E-state index is -1.15. The Morgan fingerprint density at radius 1 is 1.06 bits per heavy atom. The lowest BCUT2D eigenvalue weighted by molar-refractivity contribution is -0.554. The number of guanidine groups is 1. The largest absolute Gasteiger partial charge is 0.463 e. The van der Waals surface area contributed by atoms with E-state index >= 15 is 0 Å². The molecular weight excluding hydrogens is 388 g/mol. The summed E-state index contributed by atoms with van der Waals surface area (Å²) in [6.07, 6.45) is 4.17. The van der Waals surface area contributed by atoms with Crippen LogP contribution in [-0.4, -0.2) is 52.0 Å². The van der Waals surface area contributed by atoms with Crippen LogP contribution in [0.1, 0.15) is 36.8 Å². The average molecular weight is 418 g/mol. The number of carbonyl (C=O) groups excluding carboxylic acids is 1. The predicted octanol–water partition coefficient (Wildman–Crippen LogP) is 2.88. The molecule has 1 saturated heterocycles. The molecule has 160 valence electrons. The molecule has 3 aliphatic rings. The first-order valence-corrected chi connectivity index (χ1v) is 11.2. The molecular formula is C25H29N4O2+. The Kier molecular flexibility index (Phi) is 5.00. The van der Waals surface area contributed by atoms with E-state index in [1.54, 1.807) is 4.90 Å². The summed E-state index contributed by atoms with van der Waals surface area (Å²) in [6, 6.07) is 19.3. The molecule has 1 amide bonds. The van der Waals surface area contributed by atoms with E-state index < -0.39 is 5.54 Å². The summed E-state index contributed by atoms with van der Waals surface area (Å²) in [6.45, 7) is 2.15. The molecule has 3 N–H and O–H groups in total. The van der Waals surface area contributed by atoms with Crippen LogP contribution in [0.25, 0.3) is 0 Å². The summed E-state index contributed by atoms with van der Waals surface area (Å²) in [5.41, 5.74) is 6.87. The number of nitrogens with zero attached hydrogens (tertiary/aromatic N) is 3. The van der Waals surface area contributed by atoms with Crippen LogP contribution >= 0.6 is 0 Å². The van der Waals surface area contributed by atoms with Gasteiger partial charge in [0.15, 0.2) is 18.0 Å². The number of carbonyl (C=O) groups is 1. The van der Waals surface area contributed by atoms with Gasteiger partial charge in [0, 0.05) is 18.9 Å². The van der Waals surface area contributed by atoms with Gasteiger partial charge in [0.2, 0.25) is 0 Å². The van der Waals surface area contributed by atoms with Gasteiger partial charge < -0.3 is 10.8 Å². The van der Waals surface area contributed by atoms with Crippen molar-refractivity contribution in [1.82, 2.24) is 4.90 Å². The van der Waals surface area contributed by atoms with Crippen LogP contribution in [0.3, 0.4) is 0 Å². The number of piperidine rings is 1. The van der Waals surface area contributed by atoms with Crippen LogP contribution in [0.4, 0.5) is 0 Å². The molecule has 6 nitrogen and oxygen atoms in total. The van der Waals surface area contributed by atoms with Gasteiger partial charge in [0.1, 0.15) is 6.54 Å². The van der Waals surface area contributed by atoms with Crippen LogP contribution in [0, 0.1) is 11.8 Å². The molecule has 0 spiro atoms. The van der Waals surface area contributed by atoms with E-state index in [0.29, 0.717) is 18.4 Å². The quantitative estimate of drug-likeness (QED) is 0.580. The molecule has 31 heavy (non-hydrogen) atoms. The van der Waals surface area contributed by atoms with Crippen LogP contribution in [-0.2, 0) is 10.3 Å². The third-order valence-electron chi connectivity index (χ3n) is 6.72. The van der Waals surface area contributed by atoms with E-state index in [9.17, 15) is 9.90 Å². The Hall–Kier alpha value is -3.15. The van der Waals surface area contributed by atoms with Gasteiger partial charge in [0.05, 0.1) is 5.92 Å². The normalized spacial score (nSPS) is 24.8. The van der Waals surface area contributed by atoms with Crippen LogP contribution in [0.5, 0.6) is 0 Å². The van der Waals surface area contributed by atoms with E-state index in [0.717, 1.165) is 49.9 Å². The molecule has 1 saturated carbocycles. The third kappa shape index (κ3) is 3.50. The zero-order valence-corrected chi connectivity index (χ0v) is 17.7. The lowest BCUT2D eigenvalue weighted by Crippen LogP contribution is -2.47. The van der Waals surface area contributed by atoms with Crippen molar-refractivity contribution in [2.24, 2.45) is 22.6 Å². The molecule has 0 radical (unpaired) electrons. The summed E-state index contributed by atoms with van der Waals surface area (Å²) in [4.78, 5) is 20.3. The Morgan fingerprint density at radius 3 is 2.26 bits per heavy atom. The number of amides is 1. The fourth-order valence-electron chi connectivity index (χ4n) is 4.94. The molecule has 2 aromatic rings. The highest BCUT2D eigenvalue weighted by molar-refractivity contribution is 6.09. The maximum atomic E-state index is 13.9. The number of hydrogen-bond donors (Lipinski definition) is 2. The number of aliphatic hydroxyl groups excluding tert-OH is 1. The lowest BCUT2D eigenvalue weighted by atomic mass is 9.82. The van der Waals surface area contributed by atoms with Crippen molar-refractivity contribution in [3.05, 3.63) is 71.8 Å². The molecule has 1 atom stereocenters. The SMILES string of the molecule is NC1=NC(c2ccccc2)(c2ccccc2)C(=O)N1C[C@H]1CCC[N+](=C(O)C2CC2)C1. The van der Waals surface area contributed by atoms with Gasteiger partial charge in [-0.2, -0.15) is 0 Å². The Morgan fingerprint density at radius 2 is 1.68 bits per heavy atom. The molecule has 0 aromatic heterocycles. The fourth-order valence-corrected chi connectivity index (χ4v) is 4.94. The number of aliphatic hydroxyl groups is 1. The number of nitrogens with two attached hydrogens (primary N) is 1. The van der Waals surface area contributed by atoms with Crippen molar-refractivity contribution in [3.63, 3.8) is 0 Å². The molecule has 2 aliphatic heterocycles. The van der Waals surface area contributed by atoms with E-state index in [2.05, 4.69) is 4.58 Å². The van der Waals surface area contributed by atoms with Crippen molar-refractivity contribution >= 4 is 17.8 Å². The maximum absolute atomic E-state index is 13.9. The zero-order valence-electron chi connectivity index (χ0n) is 17.7. The molecule has 2 heterocycles. The van der Waals surface area contributed by atoms with E-state index in [4.69, 9.17) is 10.7 Å². The van der Waals surface area contributed by atoms with Gasteiger partial charge in [-0.3, -0.25) is 9.69 Å². The number of rotatable bonds is 5. The second kappa shape index (κ2) is 7.84. The molecule has 1 aliphatic carbocycles. The lowest BCUT2D eigenvalue weighted by Gasteiger charge is -2.29. The van der Waals surface area contributed by atoms with Gasteiger partial charge in [0.25, 0.3) is 5.91 Å². The standard InChI is InChI=1S/C25H28N4O2/c26-24-27-25(20-9-3-1-4-10-20,21-11-5-2-6-12-21)23(31)29(24)17-18-8-7-15-28(16-18)22(30)19-13-14-19/h1-6,9-12,18-19H,7-8,13-17H2,(H2,26,27)/p+1/t18-/m0/s1. The van der Waals surface area contributed by atoms with E-state index in [1.807, 2.05) is 60.7 Å². The first kappa shape index (κ1) is 19.8. The molecule has 6 heteroatoms. The minimum absolute atomic E-state index is 0.102. The van der Waals surface area contributed by atoms with Gasteiger partial charge in [-0.1, -0.05) is 60.7 Å². The highest BCUT2D eigenvalue weighted by atomic mass is 16.3. The third-order valence-corrected chi connectivity index (χ3v) is 6.72. The number of aliphatic imine (C=N–C) groups is 1. The minimum Gasteiger partial charge on any atom is -0.463 e. The second-order valence-corrected chi connectivity index (χ2v) is 8.91. The van der Waals surface area contributed by atoms with Crippen molar-refractivity contribution in [1.29, 1.82) is 0 Å². The summed E-state index contributed by atoms with van der Waals surface area (Å²) in [5.74, 6) is 1.28. The number of hydrogen-bond acceptors (Lipinski definition) is 3. The average Bonchev–Trinajstić information content (AvgIpc) is 3.63. The second-order valence-electron chi connectivity index (χ2n) is 8.91. The molecule has 0 unspecified atom stereocenters. The molecule has 0 bridgehead atoms. The van der Waals surface area contributed by atoms with Crippen LogP contribution < -0.4 is 5.73 Å². The molecule has 5 rings (SSSR count). The van der Waals surface area contributed by atoms with Gasteiger partial charge >= 0.3 is 5.90 Å². The highest BCUT2D eigenvalue weighted by Crippen LogP contribution is 2.40. The fraction of sp³-hybridized carbons (Fsp3) is 0.400. The predicted molar refractivity (Wildman–Crippen MR) is 120 cm³/mol. The monoisotopic (exact) mass is 417 g/mol.